The lowest BCUT2D eigenvalue weighted by Crippen LogP contribution is -2.22. The van der Waals surface area contributed by atoms with E-state index in [4.69, 9.17) is 0 Å². The Morgan fingerprint density at radius 3 is 2.65 bits per heavy atom. The predicted octanol–water partition coefficient (Wildman–Crippen LogP) is 4.11. The number of thiophene rings is 1. The summed E-state index contributed by atoms with van der Waals surface area (Å²) in [5.41, 5.74) is 4.08. The van der Waals surface area contributed by atoms with Crippen molar-refractivity contribution in [1.82, 2.24) is 5.32 Å². The van der Waals surface area contributed by atoms with Crippen molar-refractivity contribution in [2.75, 3.05) is 18.5 Å². The van der Waals surface area contributed by atoms with Gasteiger partial charge in [-0.3, -0.25) is 0 Å². The van der Waals surface area contributed by atoms with E-state index in [1.54, 1.807) is 0 Å². The Morgan fingerprint density at radius 2 is 2.00 bits per heavy atom. The molecule has 0 spiro atoms. The molecule has 0 unspecified atom stereocenters. The van der Waals surface area contributed by atoms with Crippen molar-refractivity contribution in [1.29, 1.82) is 0 Å². The highest BCUT2D eigenvalue weighted by Crippen LogP contribution is 2.25. The first kappa shape index (κ1) is 15.1. The summed E-state index contributed by atoms with van der Waals surface area (Å²) >= 11 is 1.90. The van der Waals surface area contributed by atoms with E-state index < -0.39 is 0 Å². The van der Waals surface area contributed by atoms with Crippen LogP contribution in [0.2, 0.25) is 0 Å². The molecule has 0 amide bonds. The molecule has 0 atom stereocenters. The van der Waals surface area contributed by atoms with Crippen molar-refractivity contribution in [3.05, 3.63) is 51.2 Å². The quantitative estimate of drug-likeness (QED) is 0.860. The summed E-state index contributed by atoms with van der Waals surface area (Å²) in [6.07, 6.45) is 0. The summed E-state index contributed by atoms with van der Waals surface area (Å²) in [6, 6.07) is 11.1. The monoisotopic (exact) mass is 288 g/mol. The molecular weight excluding hydrogens is 264 g/mol. The minimum absolute atomic E-state index is 0.960. The Hall–Kier alpha value is -1.32. The third-order valence-corrected chi connectivity index (χ3v) is 4.63. The molecule has 0 bridgehead atoms. The average molecular weight is 288 g/mol. The fraction of sp³-hybridized carbons (Fsp3) is 0.412. The van der Waals surface area contributed by atoms with Crippen LogP contribution in [0.5, 0.6) is 0 Å². The van der Waals surface area contributed by atoms with Gasteiger partial charge in [-0.15, -0.1) is 11.3 Å². The number of hydrogen-bond acceptors (Lipinski definition) is 3. The van der Waals surface area contributed by atoms with Crippen LogP contribution in [0.4, 0.5) is 5.69 Å². The molecule has 0 saturated heterocycles. The number of benzene rings is 1. The van der Waals surface area contributed by atoms with Crippen molar-refractivity contribution >= 4 is 17.0 Å². The van der Waals surface area contributed by atoms with Crippen LogP contribution in [0.1, 0.15) is 27.8 Å². The molecule has 1 aromatic carbocycles. The van der Waals surface area contributed by atoms with E-state index in [1.807, 2.05) is 18.4 Å². The highest BCUT2D eigenvalue weighted by atomic mass is 32.1. The number of nitrogens with zero attached hydrogens (tertiary/aromatic N) is 1. The minimum Gasteiger partial charge on any atom is -0.367 e. The van der Waals surface area contributed by atoms with Crippen LogP contribution >= 0.6 is 11.3 Å². The Kier molecular flexibility index (Phi) is 5.21. The van der Waals surface area contributed by atoms with Crippen molar-refractivity contribution in [3.8, 4) is 0 Å². The van der Waals surface area contributed by atoms with E-state index in [-0.39, 0.29) is 0 Å². The molecule has 0 aliphatic heterocycles. The van der Waals surface area contributed by atoms with Crippen LogP contribution in [-0.2, 0) is 13.1 Å². The summed E-state index contributed by atoms with van der Waals surface area (Å²) in [5.74, 6) is 0. The largest absolute Gasteiger partial charge is 0.367 e. The Labute approximate surface area is 126 Å². The maximum atomic E-state index is 3.23. The van der Waals surface area contributed by atoms with E-state index >= 15 is 0 Å². The summed E-state index contributed by atoms with van der Waals surface area (Å²) in [5, 5.41) is 3.23. The Balaban J connectivity index is 2.18. The molecular formula is C17H24N2S. The third kappa shape index (κ3) is 3.62. The first-order chi connectivity index (χ1) is 9.63. The van der Waals surface area contributed by atoms with Gasteiger partial charge in [0, 0.05) is 35.1 Å². The van der Waals surface area contributed by atoms with Gasteiger partial charge in [0.2, 0.25) is 0 Å². The van der Waals surface area contributed by atoms with Crippen LogP contribution in [-0.4, -0.2) is 13.6 Å². The molecule has 0 radical (unpaired) electrons. The maximum Gasteiger partial charge on any atom is 0.0440 e. The van der Waals surface area contributed by atoms with E-state index in [1.165, 1.54) is 26.6 Å². The first-order valence-electron chi connectivity index (χ1n) is 7.18. The van der Waals surface area contributed by atoms with Crippen LogP contribution in [0.25, 0.3) is 0 Å². The van der Waals surface area contributed by atoms with Crippen molar-refractivity contribution in [2.45, 2.75) is 33.9 Å². The van der Waals surface area contributed by atoms with Gasteiger partial charge in [0.15, 0.2) is 0 Å². The summed E-state index contributed by atoms with van der Waals surface area (Å²) in [4.78, 5) is 5.28. The number of aryl methyl sites for hydroxylation is 2. The molecule has 108 valence electrons. The molecule has 2 nitrogen and oxygen atoms in total. The molecule has 20 heavy (non-hydrogen) atoms. The number of rotatable bonds is 6. The fourth-order valence-electron chi connectivity index (χ4n) is 2.42. The molecule has 0 fully saturated rings. The lowest BCUT2D eigenvalue weighted by molar-refractivity contribution is 0.818. The van der Waals surface area contributed by atoms with Gasteiger partial charge in [0.25, 0.3) is 0 Å². The van der Waals surface area contributed by atoms with Gasteiger partial charge in [0.1, 0.15) is 0 Å². The van der Waals surface area contributed by atoms with Crippen LogP contribution in [0, 0.1) is 13.8 Å². The Morgan fingerprint density at radius 1 is 1.20 bits per heavy atom. The smallest absolute Gasteiger partial charge is 0.0440 e. The topological polar surface area (TPSA) is 15.3 Å². The van der Waals surface area contributed by atoms with E-state index in [9.17, 15) is 0 Å². The predicted molar refractivity (Wildman–Crippen MR) is 89.7 cm³/mol. The van der Waals surface area contributed by atoms with Crippen LogP contribution < -0.4 is 10.2 Å². The van der Waals surface area contributed by atoms with E-state index in [0.29, 0.717) is 0 Å². The third-order valence-electron chi connectivity index (χ3n) is 3.53. The van der Waals surface area contributed by atoms with Gasteiger partial charge in [-0.05, 0) is 57.1 Å². The molecule has 2 rings (SSSR count). The van der Waals surface area contributed by atoms with E-state index in [2.05, 4.69) is 61.3 Å². The van der Waals surface area contributed by atoms with Crippen LogP contribution in [0.3, 0.4) is 0 Å². The molecule has 2 aromatic rings. The van der Waals surface area contributed by atoms with E-state index in [0.717, 1.165) is 19.6 Å². The zero-order chi connectivity index (χ0) is 14.5. The van der Waals surface area contributed by atoms with Crippen molar-refractivity contribution in [2.24, 2.45) is 0 Å². The average Bonchev–Trinajstić information content (AvgIpc) is 2.76. The second kappa shape index (κ2) is 6.91. The van der Waals surface area contributed by atoms with Gasteiger partial charge in [-0.1, -0.05) is 12.1 Å². The standard InChI is InChI=1S/C17H24N2S/c1-5-19(16-8-6-7-13(2)9-16)12-15-10-17(11-18-4)20-14(15)3/h6-10,18H,5,11-12H2,1-4H3. The van der Waals surface area contributed by atoms with Gasteiger partial charge in [0.05, 0.1) is 0 Å². The lowest BCUT2D eigenvalue weighted by Gasteiger charge is -2.23. The lowest BCUT2D eigenvalue weighted by atomic mass is 10.1. The summed E-state index contributed by atoms with van der Waals surface area (Å²) in [7, 11) is 2.00. The number of anilines is 1. The zero-order valence-electron chi connectivity index (χ0n) is 12.9. The second-order valence-corrected chi connectivity index (χ2v) is 6.52. The SMILES string of the molecule is CCN(Cc1cc(CNC)sc1C)c1cccc(C)c1. The molecule has 1 aromatic heterocycles. The second-order valence-electron chi connectivity index (χ2n) is 5.18. The highest BCUT2D eigenvalue weighted by Gasteiger charge is 2.10. The molecule has 0 saturated carbocycles. The van der Waals surface area contributed by atoms with Gasteiger partial charge >= 0.3 is 0 Å². The molecule has 1 heterocycles. The molecule has 1 N–H and O–H groups in total. The van der Waals surface area contributed by atoms with Gasteiger partial charge in [-0.25, -0.2) is 0 Å². The number of nitrogens with one attached hydrogen (secondary N) is 1. The minimum atomic E-state index is 0.960. The summed E-state index contributed by atoms with van der Waals surface area (Å²) in [6.45, 7) is 9.58. The first-order valence-corrected chi connectivity index (χ1v) is 8.00. The number of hydrogen-bond donors (Lipinski definition) is 1. The normalized spacial score (nSPS) is 10.8. The fourth-order valence-corrected chi connectivity index (χ4v) is 3.49. The zero-order valence-corrected chi connectivity index (χ0v) is 13.7. The molecule has 0 aliphatic carbocycles. The highest BCUT2D eigenvalue weighted by molar-refractivity contribution is 7.12. The van der Waals surface area contributed by atoms with Gasteiger partial charge in [-0.2, -0.15) is 0 Å². The van der Waals surface area contributed by atoms with Crippen molar-refractivity contribution in [3.63, 3.8) is 0 Å². The maximum absolute atomic E-state index is 3.23. The molecule has 3 heteroatoms. The Bertz CT molecular complexity index is 560. The van der Waals surface area contributed by atoms with Crippen LogP contribution in [0.15, 0.2) is 30.3 Å². The molecule has 0 aliphatic rings. The van der Waals surface area contributed by atoms with Gasteiger partial charge < -0.3 is 10.2 Å². The summed E-state index contributed by atoms with van der Waals surface area (Å²) < 4.78 is 0. The van der Waals surface area contributed by atoms with Crippen molar-refractivity contribution < 1.29 is 0 Å².